The average Bonchev–Trinajstić information content (AvgIpc) is 3.31. The number of thiophene rings is 1. The summed E-state index contributed by atoms with van der Waals surface area (Å²) in [7, 11) is 0. The first kappa shape index (κ1) is 16.5. The van der Waals surface area contributed by atoms with E-state index in [1.165, 1.54) is 0 Å². The molecule has 0 radical (unpaired) electrons. The number of carbonyl (C=O) groups excluding carboxylic acids is 2. The van der Waals surface area contributed by atoms with E-state index in [-0.39, 0.29) is 11.8 Å². The Bertz CT molecular complexity index is 979. The van der Waals surface area contributed by atoms with Gasteiger partial charge in [0.15, 0.2) is 0 Å². The summed E-state index contributed by atoms with van der Waals surface area (Å²) in [5, 5.41) is 7.09. The van der Waals surface area contributed by atoms with Crippen molar-refractivity contribution in [2.75, 3.05) is 16.8 Å². The Kier molecular flexibility index (Phi) is 4.31. The van der Waals surface area contributed by atoms with Gasteiger partial charge in [-0.2, -0.15) is 11.3 Å². The van der Waals surface area contributed by atoms with Gasteiger partial charge in [0.05, 0.1) is 0 Å². The zero-order chi connectivity index (χ0) is 18.1. The quantitative estimate of drug-likeness (QED) is 0.742. The van der Waals surface area contributed by atoms with Gasteiger partial charge in [0, 0.05) is 30.4 Å². The Morgan fingerprint density at radius 2 is 1.96 bits per heavy atom. The highest BCUT2D eigenvalue weighted by Crippen LogP contribution is 2.29. The Morgan fingerprint density at radius 3 is 2.73 bits per heavy atom. The van der Waals surface area contributed by atoms with E-state index < -0.39 is 0 Å². The van der Waals surface area contributed by atoms with Gasteiger partial charge in [0.2, 0.25) is 5.91 Å². The summed E-state index contributed by atoms with van der Waals surface area (Å²) >= 11 is 1.65. The van der Waals surface area contributed by atoms with E-state index >= 15 is 0 Å². The molecule has 1 aliphatic rings. The standard InChI is InChI=1S/C21H18N2O2S/c1-14(24)23-9-7-16-11-17(5-6-20(16)23)21(25)22-19-4-2-3-15(12-19)18-8-10-26-13-18/h2-6,8,10-13H,7,9H2,1H3,(H,22,25). The number of anilines is 2. The predicted molar refractivity (Wildman–Crippen MR) is 106 cm³/mol. The second-order valence-corrected chi connectivity index (χ2v) is 7.09. The maximum Gasteiger partial charge on any atom is 0.255 e. The first-order valence-corrected chi connectivity index (χ1v) is 9.41. The summed E-state index contributed by atoms with van der Waals surface area (Å²) < 4.78 is 0. The van der Waals surface area contributed by atoms with Crippen LogP contribution in [0.3, 0.4) is 0 Å². The van der Waals surface area contributed by atoms with Crippen LogP contribution in [-0.2, 0) is 11.2 Å². The average molecular weight is 362 g/mol. The molecule has 2 aromatic carbocycles. The molecule has 0 fully saturated rings. The molecule has 2 amide bonds. The SMILES string of the molecule is CC(=O)N1CCc2cc(C(=O)Nc3cccc(-c4ccsc4)c3)ccc21. The van der Waals surface area contributed by atoms with Crippen molar-refractivity contribution in [3.63, 3.8) is 0 Å². The molecule has 0 saturated heterocycles. The van der Waals surface area contributed by atoms with E-state index in [0.717, 1.165) is 34.5 Å². The predicted octanol–water partition coefficient (Wildman–Crippen LogP) is 4.58. The molecule has 3 aromatic rings. The van der Waals surface area contributed by atoms with E-state index in [1.54, 1.807) is 29.2 Å². The van der Waals surface area contributed by atoms with Crippen LogP contribution in [0.2, 0.25) is 0 Å². The summed E-state index contributed by atoms with van der Waals surface area (Å²) in [6.45, 7) is 2.24. The minimum absolute atomic E-state index is 0.0335. The lowest BCUT2D eigenvalue weighted by Crippen LogP contribution is -2.25. The van der Waals surface area contributed by atoms with Gasteiger partial charge in [0.25, 0.3) is 5.91 Å². The van der Waals surface area contributed by atoms with Crippen molar-refractivity contribution in [1.82, 2.24) is 0 Å². The normalized spacial score (nSPS) is 12.7. The number of hydrogen-bond acceptors (Lipinski definition) is 3. The fourth-order valence-electron chi connectivity index (χ4n) is 3.28. The third-order valence-corrected chi connectivity index (χ3v) is 5.28. The molecule has 2 heterocycles. The van der Waals surface area contributed by atoms with Gasteiger partial charge < -0.3 is 10.2 Å². The third kappa shape index (κ3) is 3.13. The molecule has 1 aliphatic heterocycles. The fraction of sp³-hybridized carbons (Fsp3) is 0.143. The van der Waals surface area contributed by atoms with Gasteiger partial charge in [0.1, 0.15) is 0 Å². The van der Waals surface area contributed by atoms with Crippen LogP contribution in [0.25, 0.3) is 11.1 Å². The first-order chi connectivity index (χ1) is 12.6. The number of nitrogens with one attached hydrogen (secondary N) is 1. The largest absolute Gasteiger partial charge is 0.322 e. The highest BCUT2D eigenvalue weighted by atomic mass is 32.1. The number of nitrogens with zero attached hydrogens (tertiary/aromatic N) is 1. The van der Waals surface area contributed by atoms with Crippen molar-refractivity contribution in [3.05, 3.63) is 70.4 Å². The smallest absolute Gasteiger partial charge is 0.255 e. The van der Waals surface area contributed by atoms with E-state index in [4.69, 9.17) is 0 Å². The van der Waals surface area contributed by atoms with Gasteiger partial charge >= 0.3 is 0 Å². The van der Waals surface area contributed by atoms with Crippen molar-refractivity contribution < 1.29 is 9.59 Å². The highest BCUT2D eigenvalue weighted by Gasteiger charge is 2.23. The molecule has 0 atom stereocenters. The van der Waals surface area contributed by atoms with E-state index in [1.807, 2.05) is 41.8 Å². The molecule has 4 rings (SSSR count). The van der Waals surface area contributed by atoms with Gasteiger partial charge in [-0.15, -0.1) is 0 Å². The summed E-state index contributed by atoms with van der Waals surface area (Å²) in [4.78, 5) is 26.0. The number of hydrogen-bond donors (Lipinski definition) is 1. The van der Waals surface area contributed by atoms with Crippen molar-refractivity contribution >= 4 is 34.5 Å². The number of benzene rings is 2. The molecule has 0 aliphatic carbocycles. The number of rotatable bonds is 3. The molecule has 1 aromatic heterocycles. The second kappa shape index (κ2) is 6.77. The Hall–Kier alpha value is -2.92. The first-order valence-electron chi connectivity index (χ1n) is 8.47. The zero-order valence-electron chi connectivity index (χ0n) is 14.4. The zero-order valence-corrected chi connectivity index (χ0v) is 15.2. The van der Waals surface area contributed by atoms with Crippen LogP contribution in [0.1, 0.15) is 22.8 Å². The van der Waals surface area contributed by atoms with Gasteiger partial charge in [-0.3, -0.25) is 9.59 Å². The summed E-state index contributed by atoms with van der Waals surface area (Å²) in [5.41, 5.74) is 5.55. The highest BCUT2D eigenvalue weighted by molar-refractivity contribution is 7.08. The minimum Gasteiger partial charge on any atom is -0.322 e. The summed E-state index contributed by atoms with van der Waals surface area (Å²) in [5.74, 6) is -0.109. The van der Waals surface area contributed by atoms with Crippen molar-refractivity contribution in [2.24, 2.45) is 0 Å². The molecule has 0 bridgehead atoms. The minimum atomic E-state index is -0.142. The third-order valence-electron chi connectivity index (χ3n) is 4.59. The van der Waals surface area contributed by atoms with Crippen LogP contribution in [0, 0.1) is 0 Å². The second-order valence-electron chi connectivity index (χ2n) is 6.31. The van der Waals surface area contributed by atoms with E-state index in [9.17, 15) is 9.59 Å². The van der Waals surface area contributed by atoms with Crippen LogP contribution in [0.15, 0.2) is 59.3 Å². The molecule has 0 saturated carbocycles. The molecule has 1 N–H and O–H groups in total. The maximum atomic E-state index is 12.6. The Balaban J connectivity index is 1.54. The lowest BCUT2D eigenvalue weighted by Gasteiger charge is -2.15. The molecule has 0 unspecified atom stereocenters. The topological polar surface area (TPSA) is 49.4 Å². The molecular formula is C21H18N2O2S. The van der Waals surface area contributed by atoms with Gasteiger partial charge in [-0.25, -0.2) is 0 Å². The van der Waals surface area contributed by atoms with Crippen LogP contribution >= 0.6 is 11.3 Å². The van der Waals surface area contributed by atoms with Crippen LogP contribution in [0.4, 0.5) is 11.4 Å². The fourth-order valence-corrected chi connectivity index (χ4v) is 3.94. The van der Waals surface area contributed by atoms with Gasteiger partial charge in [-0.05, 0) is 70.3 Å². The number of fused-ring (bicyclic) bond motifs is 1. The van der Waals surface area contributed by atoms with Crippen molar-refractivity contribution in [2.45, 2.75) is 13.3 Å². The molecule has 0 spiro atoms. The van der Waals surface area contributed by atoms with Crippen molar-refractivity contribution in [1.29, 1.82) is 0 Å². The number of carbonyl (C=O) groups is 2. The number of amides is 2. The molecule has 26 heavy (non-hydrogen) atoms. The van der Waals surface area contributed by atoms with Crippen molar-refractivity contribution in [3.8, 4) is 11.1 Å². The van der Waals surface area contributed by atoms with E-state index in [2.05, 4.69) is 16.8 Å². The maximum absolute atomic E-state index is 12.6. The van der Waals surface area contributed by atoms with Crippen LogP contribution in [-0.4, -0.2) is 18.4 Å². The lowest BCUT2D eigenvalue weighted by molar-refractivity contribution is -0.116. The summed E-state index contributed by atoms with van der Waals surface area (Å²) in [6, 6.07) is 15.4. The molecule has 5 heteroatoms. The molecule has 130 valence electrons. The Morgan fingerprint density at radius 1 is 1.08 bits per heavy atom. The lowest BCUT2D eigenvalue weighted by atomic mass is 10.1. The monoisotopic (exact) mass is 362 g/mol. The van der Waals surface area contributed by atoms with Crippen LogP contribution < -0.4 is 10.2 Å². The van der Waals surface area contributed by atoms with Gasteiger partial charge in [-0.1, -0.05) is 12.1 Å². The molecule has 4 nitrogen and oxygen atoms in total. The van der Waals surface area contributed by atoms with Crippen LogP contribution in [0.5, 0.6) is 0 Å². The Labute approximate surface area is 156 Å². The van der Waals surface area contributed by atoms with E-state index in [0.29, 0.717) is 12.1 Å². The summed E-state index contributed by atoms with van der Waals surface area (Å²) in [6.07, 6.45) is 0.781. The molecular weight excluding hydrogens is 344 g/mol.